The van der Waals surface area contributed by atoms with Crippen LogP contribution in [0.5, 0.6) is 0 Å². The molecule has 2 saturated carbocycles. The predicted octanol–water partition coefficient (Wildman–Crippen LogP) is 5.48. The van der Waals surface area contributed by atoms with Crippen molar-refractivity contribution in [2.24, 2.45) is 23.7 Å². The van der Waals surface area contributed by atoms with Crippen molar-refractivity contribution in [1.29, 1.82) is 0 Å². The average molecular weight is 270 g/mol. The third kappa shape index (κ3) is 3.79. The highest BCUT2D eigenvalue weighted by Gasteiger charge is 2.38. The molecule has 4 atom stereocenters. The predicted molar refractivity (Wildman–Crippen MR) is 76.6 cm³/mol. The topological polar surface area (TPSA) is 0 Å². The molecule has 19 heavy (non-hydrogen) atoms. The second-order valence-corrected chi connectivity index (χ2v) is 6.80. The molecule has 0 radical (unpaired) electrons. The molecule has 2 fully saturated rings. The number of allylic oxidation sites excluding steroid dienone is 1. The van der Waals surface area contributed by atoms with Gasteiger partial charge in [-0.3, -0.25) is 0 Å². The quantitative estimate of drug-likeness (QED) is 0.593. The maximum Gasteiger partial charge on any atom is 0.134 e. The zero-order chi connectivity index (χ0) is 13.8. The van der Waals surface area contributed by atoms with Crippen LogP contribution in [0.1, 0.15) is 58.3 Å². The molecule has 0 N–H and O–H groups in total. The summed E-state index contributed by atoms with van der Waals surface area (Å²) in [5.74, 6) is 1.31. The van der Waals surface area contributed by atoms with E-state index in [1.165, 1.54) is 25.7 Å². The Hall–Kier alpha value is -0.400. The maximum absolute atomic E-state index is 14.0. The molecule has 4 unspecified atom stereocenters. The Labute approximate surface area is 116 Å². The fourth-order valence-corrected chi connectivity index (χ4v) is 3.84. The summed E-state index contributed by atoms with van der Waals surface area (Å²) in [5.41, 5.74) is 0. The fraction of sp³-hybridized carbons (Fsp3) is 0.882. The first-order valence-electron chi connectivity index (χ1n) is 8.02. The number of halogens is 2. The van der Waals surface area contributed by atoms with Crippen LogP contribution in [-0.2, 0) is 0 Å². The zero-order valence-corrected chi connectivity index (χ0v) is 12.2. The number of rotatable bonds is 4. The van der Waals surface area contributed by atoms with Crippen molar-refractivity contribution in [2.75, 3.05) is 0 Å². The molecule has 2 aliphatic rings. The molecule has 0 spiro atoms. The van der Waals surface area contributed by atoms with Gasteiger partial charge in [0.2, 0.25) is 0 Å². The van der Waals surface area contributed by atoms with Gasteiger partial charge >= 0.3 is 0 Å². The van der Waals surface area contributed by atoms with Gasteiger partial charge in [-0.2, -0.15) is 0 Å². The molecule has 2 rings (SSSR count). The molecule has 0 aliphatic heterocycles. The largest absolute Gasteiger partial charge is 0.244 e. The molecule has 2 heteroatoms. The Morgan fingerprint density at radius 2 is 1.63 bits per heavy atom. The first-order chi connectivity index (χ1) is 9.11. The highest BCUT2D eigenvalue weighted by Crippen LogP contribution is 2.39. The maximum atomic E-state index is 14.0. The standard InChI is InChI=1S/C17H28F2/c1-3-13-5-7-14(8-6-13)9-11-15-10-4-12(2)16(18)17(15)19/h3,12-17H,1,4-11H2,2H3. The Balaban J connectivity index is 1.72. The molecule has 0 saturated heterocycles. The van der Waals surface area contributed by atoms with E-state index in [-0.39, 0.29) is 11.8 Å². The Morgan fingerprint density at radius 1 is 0.947 bits per heavy atom. The molecule has 0 amide bonds. The van der Waals surface area contributed by atoms with Crippen LogP contribution < -0.4 is 0 Å². The molecule has 2 aliphatic carbocycles. The fourth-order valence-electron chi connectivity index (χ4n) is 3.84. The van der Waals surface area contributed by atoms with Crippen LogP contribution in [-0.4, -0.2) is 12.3 Å². The second kappa shape index (κ2) is 6.85. The van der Waals surface area contributed by atoms with Gasteiger partial charge in [-0.15, -0.1) is 6.58 Å². The highest BCUT2D eigenvalue weighted by molar-refractivity contribution is 4.88. The van der Waals surface area contributed by atoms with E-state index in [1.807, 2.05) is 6.92 Å². The van der Waals surface area contributed by atoms with Crippen molar-refractivity contribution in [3.05, 3.63) is 12.7 Å². The summed E-state index contributed by atoms with van der Waals surface area (Å²) >= 11 is 0. The van der Waals surface area contributed by atoms with E-state index in [4.69, 9.17) is 0 Å². The van der Waals surface area contributed by atoms with Gasteiger partial charge in [-0.1, -0.05) is 19.4 Å². The molecular formula is C17H28F2. The highest BCUT2D eigenvalue weighted by atomic mass is 19.2. The van der Waals surface area contributed by atoms with Gasteiger partial charge < -0.3 is 0 Å². The van der Waals surface area contributed by atoms with Crippen molar-refractivity contribution in [2.45, 2.75) is 70.6 Å². The van der Waals surface area contributed by atoms with Gasteiger partial charge in [-0.25, -0.2) is 8.78 Å². The molecule has 0 aromatic carbocycles. The Bertz CT molecular complexity index is 281. The Morgan fingerprint density at radius 3 is 2.26 bits per heavy atom. The number of hydrogen-bond acceptors (Lipinski definition) is 0. The SMILES string of the molecule is C=CC1CCC(CCC2CCC(C)C(F)C2F)CC1. The van der Waals surface area contributed by atoms with Crippen LogP contribution in [0.15, 0.2) is 12.7 Å². The number of hydrogen-bond donors (Lipinski definition) is 0. The van der Waals surface area contributed by atoms with Gasteiger partial charge in [0.25, 0.3) is 0 Å². The molecule has 0 aromatic heterocycles. The van der Waals surface area contributed by atoms with Crippen LogP contribution in [0.25, 0.3) is 0 Å². The lowest BCUT2D eigenvalue weighted by atomic mass is 9.74. The van der Waals surface area contributed by atoms with Crippen LogP contribution >= 0.6 is 0 Å². The molecule has 0 nitrogen and oxygen atoms in total. The summed E-state index contributed by atoms with van der Waals surface area (Å²) < 4.78 is 27.7. The number of alkyl halides is 2. The monoisotopic (exact) mass is 270 g/mol. The van der Waals surface area contributed by atoms with Crippen molar-refractivity contribution in [1.82, 2.24) is 0 Å². The Kier molecular flexibility index (Phi) is 5.41. The first-order valence-corrected chi connectivity index (χ1v) is 8.02. The minimum atomic E-state index is -1.23. The van der Waals surface area contributed by atoms with E-state index in [1.54, 1.807) is 0 Å². The van der Waals surface area contributed by atoms with E-state index in [2.05, 4.69) is 12.7 Å². The lowest BCUT2D eigenvalue weighted by Crippen LogP contribution is -2.37. The smallest absolute Gasteiger partial charge is 0.134 e. The molecule has 0 bridgehead atoms. The van der Waals surface area contributed by atoms with Crippen LogP contribution in [0.3, 0.4) is 0 Å². The lowest BCUT2D eigenvalue weighted by molar-refractivity contribution is 0.0230. The molecule has 0 heterocycles. The summed E-state index contributed by atoms with van der Waals surface area (Å²) in [6.07, 6.45) is 8.31. The van der Waals surface area contributed by atoms with E-state index >= 15 is 0 Å². The summed E-state index contributed by atoms with van der Waals surface area (Å²) in [5, 5.41) is 0. The van der Waals surface area contributed by atoms with Crippen molar-refractivity contribution >= 4 is 0 Å². The van der Waals surface area contributed by atoms with Crippen LogP contribution in [0.2, 0.25) is 0 Å². The zero-order valence-electron chi connectivity index (χ0n) is 12.2. The summed E-state index contributed by atoms with van der Waals surface area (Å²) in [7, 11) is 0. The molecular weight excluding hydrogens is 242 g/mol. The summed E-state index contributed by atoms with van der Waals surface area (Å²) in [6.45, 7) is 5.70. The summed E-state index contributed by atoms with van der Waals surface area (Å²) in [4.78, 5) is 0. The van der Waals surface area contributed by atoms with Crippen molar-refractivity contribution in [3.8, 4) is 0 Å². The van der Waals surface area contributed by atoms with E-state index in [0.29, 0.717) is 5.92 Å². The van der Waals surface area contributed by atoms with E-state index in [0.717, 1.165) is 31.6 Å². The second-order valence-electron chi connectivity index (χ2n) is 6.80. The normalized spacial score (nSPS) is 43.9. The van der Waals surface area contributed by atoms with Crippen molar-refractivity contribution in [3.63, 3.8) is 0 Å². The molecule has 110 valence electrons. The average Bonchev–Trinajstić information content (AvgIpc) is 2.45. The third-order valence-electron chi connectivity index (χ3n) is 5.46. The van der Waals surface area contributed by atoms with Gasteiger partial charge in [0.05, 0.1) is 0 Å². The van der Waals surface area contributed by atoms with Gasteiger partial charge in [0.1, 0.15) is 12.3 Å². The van der Waals surface area contributed by atoms with Crippen LogP contribution in [0, 0.1) is 23.7 Å². The third-order valence-corrected chi connectivity index (χ3v) is 5.46. The first kappa shape index (κ1) is 15.0. The lowest BCUT2D eigenvalue weighted by Gasteiger charge is -2.34. The minimum absolute atomic E-state index is 0.0247. The van der Waals surface area contributed by atoms with Gasteiger partial charge in [0.15, 0.2) is 0 Å². The van der Waals surface area contributed by atoms with Crippen LogP contribution in [0.4, 0.5) is 8.78 Å². The van der Waals surface area contributed by atoms with Gasteiger partial charge in [-0.05, 0) is 68.6 Å². The van der Waals surface area contributed by atoms with Crippen molar-refractivity contribution < 1.29 is 8.78 Å². The summed E-state index contributed by atoms with van der Waals surface area (Å²) in [6, 6.07) is 0. The minimum Gasteiger partial charge on any atom is -0.244 e. The van der Waals surface area contributed by atoms with Gasteiger partial charge in [0, 0.05) is 0 Å². The van der Waals surface area contributed by atoms with E-state index < -0.39 is 12.3 Å². The van der Waals surface area contributed by atoms with E-state index in [9.17, 15) is 8.78 Å². The molecule has 0 aromatic rings.